The maximum atomic E-state index is 11.2. The first-order chi connectivity index (χ1) is 7.84. The van der Waals surface area contributed by atoms with Crippen molar-refractivity contribution in [2.45, 2.75) is 46.6 Å². The van der Waals surface area contributed by atoms with E-state index in [-0.39, 0.29) is 6.04 Å². The highest BCUT2D eigenvalue weighted by atomic mass is 16.4. The second-order valence-corrected chi connectivity index (χ2v) is 4.93. The summed E-state index contributed by atoms with van der Waals surface area (Å²) in [6.45, 7) is 9.78. The number of aryl methyl sites for hydroxylation is 1. The van der Waals surface area contributed by atoms with Crippen LogP contribution < -0.4 is 10.0 Å². The topological polar surface area (TPSA) is 43.4 Å². The van der Waals surface area contributed by atoms with E-state index in [4.69, 9.17) is 0 Å². The van der Waals surface area contributed by atoms with Crippen molar-refractivity contribution in [3.8, 4) is 0 Å². The third kappa shape index (κ3) is 2.99. The van der Waals surface area contributed by atoms with Crippen LogP contribution in [-0.4, -0.2) is 12.1 Å². The van der Waals surface area contributed by atoms with Crippen molar-refractivity contribution < 1.29 is 9.90 Å². The summed E-state index contributed by atoms with van der Waals surface area (Å²) in [6, 6.07) is 5.82. The standard InChI is InChI=1S/C14H21NO2/c1-9(2)12-7-6-11(5)13(8-12)15(10(3)4)14(16)17/h6-10H,1-5H3,(H,16,17)/p-1. The van der Waals surface area contributed by atoms with Crippen LogP contribution in [-0.2, 0) is 0 Å². The minimum Gasteiger partial charge on any atom is -0.530 e. The molecule has 0 radical (unpaired) electrons. The van der Waals surface area contributed by atoms with Crippen molar-refractivity contribution in [3.63, 3.8) is 0 Å². The van der Waals surface area contributed by atoms with E-state index in [2.05, 4.69) is 13.8 Å². The number of rotatable bonds is 3. The average molecular weight is 234 g/mol. The van der Waals surface area contributed by atoms with Gasteiger partial charge in [0.1, 0.15) is 6.09 Å². The molecular formula is C14H20NO2-. The minimum atomic E-state index is -1.15. The van der Waals surface area contributed by atoms with E-state index in [0.29, 0.717) is 5.92 Å². The van der Waals surface area contributed by atoms with Crippen LogP contribution in [0.25, 0.3) is 0 Å². The molecule has 0 N–H and O–H groups in total. The second-order valence-electron chi connectivity index (χ2n) is 4.93. The SMILES string of the molecule is Cc1ccc(C(C)C)cc1N(C(=O)[O-])C(C)C. The van der Waals surface area contributed by atoms with Crippen LogP contribution in [0.5, 0.6) is 0 Å². The summed E-state index contributed by atoms with van der Waals surface area (Å²) in [5.74, 6) is 0.380. The van der Waals surface area contributed by atoms with Gasteiger partial charge in [0.15, 0.2) is 0 Å². The van der Waals surface area contributed by atoms with Gasteiger partial charge in [-0.2, -0.15) is 0 Å². The molecule has 0 heterocycles. The molecule has 0 fully saturated rings. The Kier molecular flexibility index (Phi) is 4.16. The number of nitrogens with zero attached hydrogens (tertiary/aromatic N) is 1. The Morgan fingerprint density at radius 1 is 1.24 bits per heavy atom. The van der Waals surface area contributed by atoms with Crippen molar-refractivity contribution in [1.82, 2.24) is 0 Å². The maximum Gasteiger partial charge on any atom is 0.141 e. The largest absolute Gasteiger partial charge is 0.530 e. The van der Waals surface area contributed by atoms with Crippen LogP contribution in [0.3, 0.4) is 0 Å². The van der Waals surface area contributed by atoms with Gasteiger partial charge in [0.2, 0.25) is 0 Å². The molecule has 0 unspecified atom stereocenters. The van der Waals surface area contributed by atoms with Gasteiger partial charge in [-0.25, -0.2) is 0 Å². The number of hydrogen-bond donors (Lipinski definition) is 0. The fourth-order valence-electron chi connectivity index (χ4n) is 1.83. The molecule has 0 aliphatic heterocycles. The van der Waals surface area contributed by atoms with Crippen LogP contribution in [0.4, 0.5) is 10.5 Å². The van der Waals surface area contributed by atoms with E-state index < -0.39 is 6.09 Å². The van der Waals surface area contributed by atoms with E-state index >= 15 is 0 Å². The third-order valence-electron chi connectivity index (χ3n) is 2.87. The molecule has 3 heteroatoms. The first-order valence-corrected chi connectivity index (χ1v) is 5.95. The zero-order chi connectivity index (χ0) is 13.2. The number of carbonyl (C=O) groups is 1. The molecule has 3 nitrogen and oxygen atoms in total. The predicted octanol–water partition coefficient (Wildman–Crippen LogP) is 2.68. The van der Waals surface area contributed by atoms with Crippen LogP contribution >= 0.6 is 0 Å². The summed E-state index contributed by atoms with van der Waals surface area (Å²) >= 11 is 0. The molecule has 0 spiro atoms. The lowest BCUT2D eigenvalue weighted by molar-refractivity contribution is -0.247. The molecule has 0 saturated carbocycles. The maximum absolute atomic E-state index is 11.2. The summed E-state index contributed by atoms with van der Waals surface area (Å²) in [6.07, 6.45) is -1.15. The number of carbonyl (C=O) groups excluding carboxylic acids is 1. The fraction of sp³-hybridized carbons (Fsp3) is 0.500. The molecule has 0 aliphatic carbocycles. The van der Waals surface area contributed by atoms with E-state index in [1.165, 1.54) is 4.90 Å². The Bertz CT molecular complexity index is 411. The fourth-order valence-corrected chi connectivity index (χ4v) is 1.83. The first-order valence-electron chi connectivity index (χ1n) is 5.95. The van der Waals surface area contributed by atoms with Crippen molar-refractivity contribution in [2.24, 2.45) is 0 Å². The molecule has 17 heavy (non-hydrogen) atoms. The van der Waals surface area contributed by atoms with Gasteiger partial charge in [-0.3, -0.25) is 0 Å². The lowest BCUT2D eigenvalue weighted by atomic mass is 10.00. The lowest BCUT2D eigenvalue weighted by Gasteiger charge is -2.31. The number of hydrogen-bond acceptors (Lipinski definition) is 2. The molecule has 0 atom stereocenters. The summed E-state index contributed by atoms with van der Waals surface area (Å²) in [5.41, 5.74) is 2.82. The van der Waals surface area contributed by atoms with Gasteiger partial charge in [-0.05, 0) is 43.9 Å². The molecular weight excluding hydrogens is 214 g/mol. The Morgan fingerprint density at radius 3 is 2.24 bits per heavy atom. The lowest BCUT2D eigenvalue weighted by Crippen LogP contribution is -2.45. The molecule has 0 aliphatic rings. The quantitative estimate of drug-likeness (QED) is 0.807. The van der Waals surface area contributed by atoms with Gasteiger partial charge in [-0.1, -0.05) is 26.0 Å². The highest BCUT2D eigenvalue weighted by Crippen LogP contribution is 2.26. The van der Waals surface area contributed by atoms with Gasteiger partial charge in [-0.15, -0.1) is 0 Å². The smallest absolute Gasteiger partial charge is 0.141 e. The molecule has 0 saturated heterocycles. The van der Waals surface area contributed by atoms with Crippen molar-refractivity contribution in [3.05, 3.63) is 29.3 Å². The Morgan fingerprint density at radius 2 is 1.82 bits per heavy atom. The van der Waals surface area contributed by atoms with Gasteiger partial charge in [0.25, 0.3) is 0 Å². The molecule has 1 amide bonds. The Balaban J connectivity index is 3.27. The van der Waals surface area contributed by atoms with Crippen molar-refractivity contribution >= 4 is 11.8 Å². The highest BCUT2D eigenvalue weighted by molar-refractivity contribution is 5.86. The van der Waals surface area contributed by atoms with Crippen molar-refractivity contribution in [2.75, 3.05) is 4.90 Å². The second kappa shape index (κ2) is 5.21. The monoisotopic (exact) mass is 234 g/mol. The first kappa shape index (κ1) is 13.6. The average Bonchev–Trinajstić information content (AvgIpc) is 2.19. The third-order valence-corrected chi connectivity index (χ3v) is 2.87. The summed E-state index contributed by atoms with van der Waals surface area (Å²) in [7, 11) is 0. The summed E-state index contributed by atoms with van der Waals surface area (Å²) in [4.78, 5) is 12.5. The Labute approximate surface area is 103 Å². The summed E-state index contributed by atoms with van der Waals surface area (Å²) < 4.78 is 0. The van der Waals surface area contributed by atoms with Crippen LogP contribution in [0.1, 0.15) is 44.7 Å². The van der Waals surface area contributed by atoms with Crippen LogP contribution in [0.15, 0.2) is 18.2 Å². The zero-order valence-corrected chi connectivity index (χ0v) is 11.2. The highest BCUT2D eigenvalue weighted by Gasteiger charge is 2.15. The van der Waals surface area contributed by atoms with E-state index in [9.17, 15) is 9.90 Å². The van der Waals surface area contributed by atoms with Gasteiger partial charge in [0.05, 0.1) is 0 Å². The molecule has 94 valence electrons. The number of amides is 1. The van der Waals surface area contributed by atoms with E-state index in [0.717, 1.165) is 16.8 Å². The number of benzene rings is 1. The normalized spacial score (nSPS) is 11.0. The van der Waals surface area contributed by atoms with Crippen molar-refractivity contribution in [1.29, 1.82) is 0 Å². The zero-order valence-electron chi connectivity index (χ0n) is 11.2. The van der Waals surface area contributed by atoms with Gasteiger partial charge < -0.3 is 14.8 Å². The Hall–Kier alpha value is -1.51. The molecule has 1 aromatic carbocycles. The van der Waals surface area contributed by atoms with Gasteiger partial charge >= 0.3 is 0 Å². The minimum absolute atomic E-state index is 0.124. The van der Waals surface area contributed by atoms with E-state index in [1.54, 1.807) is 0 Å². The number of anilines is 1. The molecule has 1 rings (SSSR count). The molecule has 1 aromatic rings. The number of carboxylic acid groups (broad SMARTS) is 1. The van der Waals surface area contributed by atoms with Crippen LogP contribution in [0.2, 0.25) is 0 Å². The molecule has 0 bridgehead atoms. The van der Waals surface area contributed by atoms with Gasteiger partial charge in [0, 0.05) is 11.7 Å². The van der Waals surface area contributed by atoms with Crippen LogP contribution in [0, 0.1) is 6.92 Å². The predicted molar refractivity (Wildman–Crippen MR) is 68.3 cm³/mol. The molecule has 0 aromatic heterocycles. The summed E-state index contributed by atoms with van der Waals surface area (Å²) in [5, 5.41) is 11.2. The van der Waals surface area contributed by atoms with E-state index in [1.807, 2.05) is 39.0 Å².